The number of benzene rings is 1. The average molecular weight is 598 g/mol. The van der Waals surface area contributed by atoms with E-state index in [1.807, 2.05) is 25.1 Å². The number of fused-ring (bicyclic) bond motifs is 6. The van der Waals surface area contributed by atoms with Crippen molar-refractivity contribution in [2.24, 2.45) is 11.8 Å². The zero-order valence-electron chi connectivity index (χ0n) is 26.6. The number of ketones is 1. The Kier molecular flexibility index (Phi) is 9.62. The van der Waals surface area contributed by atoms with Gasteiger partial charge in [-0.05, 0) is 85.3 Å². The lowest BCUT2D eigenvalue weighted by molar-refractivity contribution is 0.0594. The van der Waals surface area contributed by atoms with Crippen LogP contribution < -0.4 is 0 Å². The summed E-state index contributed by atoms with van der Waals surface area (Å²) in [5, 5.41) is 0. The van der Waals surface area contributed by atoms with Crippen LogP contribution in [0.5, 0.6) is 0 Å². The molecule has 5 nitrogen and oxygen atoms in total. The van der Waals surface area contributed by atoms with Crippen LogP contribution in [-0.4, -0.2) is 32.6 Å². The van der Waals surface area contributed by atoms with E-state index in [9.17, 15) is 13.2 Å². The number of aromatic nitrogens is 1. The molecule has 0 saturated heterocycles. The molecule has 1 aliphatic heterocycles. The van der Waals surface area contributed by atoms with Crippen molar-refractivity contribution in [1.29, 1.82) is 0 Å². The summed E-state index contributed by atoms with van der Waals surface area (Å²) in [5.74, 6) is -0.362. The van der Waals surface area contributed by atoms with E-state index in [0.717, 1.165) is 36.8 Å². The Balaban J connectivity index is 1.94. The Bertz CT molecular complexity index is 1350. The van der Waals surface area contributed by atoms with Crippen molar-refractivity contribution in [2.75, 3.05) is 0 Å². The molecule has 1 aromatic carbocycles. The van der Waals surface area contributed by atoms with Crippen molar-refractivity contribution < 1.29 is 17.6 Å². The molecule has 4 bridgehead atoms. The first-order valence-corrected chi connectivity index (χ1v) is 19.3. The lowest BCUT2D eigenvalue weighted by Crippen LogP contribution is -2.52. The van der Waals surface area contributed by atoms with E-state index >= 15 is 0 Å². The monoisotopic (exact) mass is 597 g/mol. The van der Waals surface area contributed by atoms with Gasteiger partial charge in [0.1, 0.15) is 5.69 Å². The van der Waals surface area contributed by atoms with E-state index < -0.39 is 18.3 Å². The molecule has 1 unspecified atom stereocenters. The maximum atomic E-state index is 14.7. The number of allylic oxidation sites excluding steroid dienone is 2. The van der Waals surface area contributed by atoms with Crippen molar-refractivity contribution in [3.63, 3.8) is 0 Å². The van der Waals surface area contributed by atoms with Crippen LogP contribution >= 0.6 is 0 Å². The fourth-order valence-corrected chi connectivity index (χ4v) is 15.1. The molecule has 3 aliphatic rings. The van der Waals surface area contributed by atoms with Crippen LogP contribution in [-0.2, 0) is 20.9 Å². The molecule has 5 rings (SSSR count). The molecule has 226 valence electrons. The lowest BCUT2D eigenvalue weighted by atomic mass is 9.79. The van der Waals surface area contributed by atoms with Crippen molar-refractivity contribution in [2.45, 2.75) is 128 Å². The first-order chi connectivity index (χ1) is 19.2. The molecular formula is C34H51NO4SSi. The molecule has 3 atom stereocenters. The smallest absolute Gasteiger partial charge is 0.268 e. The van der Waals surface area contributed by atoms with Crippen LogP contribution in [0.3, 0.4) is 0 Å². The Morgan fingerprint density at radius 1 is 0.902 bits per heavy atom. The Labute approximate surface area is 250 Å². The molecule has 2 aromatic rings. The molecule has 41 heavy (non-hydrogen) atoms. The quantitative estimate of drug-likeness (QED) is 0.225. The van der Waals surface area contributed by atoms with Gasteiger partial charge in [-0.2, -0.15) is 0 Å². The van der Waals surface area contributed by atoms with Gasteiger partial charge in [0.05, 0.1) is 16.9 Å². The fraction of sp³-hybridized carbons (Fsp3) is 0.618. The van der Waals surface area contributed by atoms with E-state index in [1.54, 1.807) is 12.1 Å². The van der Waals surface area contributed by atoms with Crippen molar-refractivity contribution in [3.05, 3.63) is 65.0 Å². The highest BCUT2D eigenvalue weighted by Gasteiger charge is 2.53. The SMILES string of the molecule is Cc1ccc(S(=O)(=O)n2c3cc4c2C(=O)[C@H](C(O[Si](C(C)C)(C(C)C)C(C)C)CCC/C=C\CC3)[C@@H]4C(C)C)cc1. The van der Waals surface area contributed by atoms with Crippen LogP contribution in [0, 0.1) is 18.8 Å². The molecule has 0 spiro atoms. The van der Waals surface area contributed by atoms with Gasteiger partial charge in [-0.15, -0.1) is 0 Å². The number of carbonyl (C=O) groups is 1. The predicted octanol–water partition coefficient (Wildman–Crippen LogP) is 8.82. The summed E-state index contributed by atoms with van der Waals surface area (Å²) < 4.78 is 37.4. The van der Waals surface area contributed by atoms with E-state index in [2.05, 4.69) is 67.5 Å². The van der Waals surface area contributed by atoms with Gasteiger partial charge in [-0.25, -0.2) is 12.4 Å². The molecule has 2 heterocycles. The molecule has 0 fully saturated rings. The second kappa shape index (κ2) is 12.3. The third-order valence-electron chi connectivity index (χ3n) is 9.68. The normalized spacial score (nSPS) is 23.0. The summed E-state index contributed by atoms with van der Waals surface area (Å²) >= 11 is 0. The first kappa shape index (κ1) is 32.0. The van der Waals surface area contributed by atoms with Crippen LogP contribution in [0.2, 0.25) is 16.6 Å². The van der Waals surface area contributed by atoms with Crippen LogP contribution in [0.4, 0.5) is 0 Å². The second-order valence-corrected chi connectivity index (χ2v) is 20.8. The summed E-state index contributed by atoms with van der Waals surface area (Å²) in [5.41, 5.74) is 4.14. The molecule has 7 heteroatoms. The van der Waals surface area contributed by atoms with Gasteiger partial charge in [0, 0.05) is 11.6 Å². The van der Waals surface area contributed by atoms with Gasteiger partial charge in [0.15, 0.2) is 5.78 Å². The summed E-state index contributed by atoms with van der Waals surface area (Å²) in [7, 11) is -6.27. The summed E-state index contributed by atoms with van der Waals surface area (Å²) in [4.78, 5) is 15.0. The van der Waals surface area contributed by atoms with Gasteiger partial charge in [-0.1, -0.05) is 85.2 Å². The molecule has 1 aromatic heterocycles. The van der Waals surface area contributed by atoms with Crippen molar-refractivity contribution in [1.82, 2.24) is 3.97 Å². The molecule has 2 aliphatic carbocycles. The lowest BCUT2D eigenvalue weighted by Gasteiger charge is -2.46. The number of nitrogens with zero attached hydrogens (tertiary/aromatic N) is 1. The minimum absolute atomic E-state index is 0.0583. The van der Waals surface area contributed by atoms with Crippen molar-refractivity contribution >= 4 is 24.1 Å². The van der Waals surface area contributed by atoms with Gasteiger partial charge < -0.3 is 4.43 Å². The summed E-state index contributed by atoms with van der Waals surface area (Å²) in [6.45, 7) is 20.0. The highest BCUT2D eigenvalue weighted by Crippen LogP contribution is 2.51. The minimum atomic E-state index is -3.96. The van der Waals surface area contributed by atoms with E-state index in [-0.39, 0.29) is 34.5 Å². The average Bonchev–Trinajstić information content (AvgIpc) is 3.39. The molecular weight excluding hydrogens is 547 g/mol. The molecule has 0 radical (unpaired) electrons. The number of carbonyl (C=O) groups excluding carboxylic acids is 1. The van der Waals surface area contributed by atoms with Crippen LogP contribution in [0.1, 0.15) is 114 Å². The third kappa shape index (κ3) is 5.71. The molecule has 0 saturated carbocycles. The Hall–Kier alpha value is -1.96. The van der Waals surface area contributed by atoms with Gasteiger partial charge >= 0.3 is 0 Å². The summed E-state index contributed by atoms with van der Waals surface area (Å²) in [6, 6.07) is 8.99. The van der Waals surface area contributed by atoms with Gasteiger partial charge in [-0.3, -0.25) is 4.79 Å². The zero-order valence-corrected chi connectivity index (χ0v) is 28.4. The Morgan fingerprint density at radius 3 is 2.05 bits per heavy atom. The summed E-state index contributed by atoms with van der Waals surface area (Å²) in [6.07, 6.45) is 8.12. The number of rotatable bonds is 8. The largest absolute Gasteiger partial charge is 0.412 e. The highest BCUT2D eigenvalue weighted by atomic mass is 32.2. The number of aryl methyl sites for hydroxylation is 2. The topological polar surface area (TPSA) is 65.4 Å². The fourth-order valence-electron chi connectivity index (χ4n) is 7.90. The molecule has 0 amide bonds. The Morgan fingerprint density at radius 2 is 1.49 bits per heavy atom. The van der Waals surface area contributed by atoms with E-state index in [1.165, 1.54) is 3.97 Å². The van der Waals surface area contributed by atoms with E-state index in [0.29, 0.717) is 34.4 Å². The van der Waals surface area contributed by atoms with Gasteiger partial charge in [0.25, 0.3) is 10.0 Å². The van der Waals surface area contributed by atoms with Crippen LogP contribution in [0.25, 0.3) is 0 Å². The third-order valence-corrected chi connectivity index (χ3v) is 17.6. The number of Topliss-reactive ketones (excluding diaryl/α,β-unsaturated/α-hetero) is 1. The maximum absolute atomic E-state index is 14.7. The standard InChI is InChI=1S/C34H51NO4SSi/c1-22(2)31-29-21-27-15-13-11-10-12-14-16-30(39-41(23(3)4,24(5)6)25(7)8)32(31)34(36)33(29)35(27)40(37,38)28-19-17-26(9)18-20-28/h10-11,17-25,30-32H,12-16H2,1-9H3/b11-10-/t30?,31-,32-/m1/s1. The van der Waals surface area contributed by atoms with Crippen molar-refractivity contribution in [3.8, 4) is 0 Å². The number of hydrogen-bond donors (Lipinski definition) is 0. The number of hydrogen-bond acceptors (Lipinski definition) is 4. The van der Waals surface area contributed by atoms with Crippen LogP contribution in [0.15, 0.2) is 47.4 Å². The second-order valence-electron chi connectivity index (χ2n) is 13.6. The first-order valence-electron chi connectivity index (χ1n) is 15.7. The van der Waals surface area contributed by atoms with E-state index in [4.69, 9.17) is 4.43 Å². The minimum Gasteiger partial charge on any atom is -0.412 e. The highest BCUT2D eigenvalue weighted by molar-refractivity contribution is 7.90. The molecule has 0 N–H and O–H groups in total. The zero-order chi connectivity index (χ0) is 30.3. The maximum Gasteiger partial charge on any atom is 0.268 e. The van der Waals surface area contributed by atoms with Gasteiger partial charge in [0.2, 0.25) is 8.32 Å². The predicted molar refractivity (Wildman–Crippen MR) is 171 cm³/mol.